The summed E-state index contributed by atoms with van der Waals surface area (Å²) in [6.07, 6.45) is 84.5. The lowest BCUT2D eigenvalue weighted by Gasteiger charge is -2.18. The summed E-state index contributed by atoms with van der Waals surface area (Å²) in [5.41, 5.74) is 0. The van der Waals surface area contributed by atoms with Gasteiger partial charge in [-0.2, -0.15) is 0 Å². The Morgan fingerprint density at radius 3 is 0.920 bits per heavy atom. The quantitative estimate of drug-likeness (QED) is 0.0261. The van der Waals surface area contributed by atoms with E-state index in [4.69, 9.17) is 14.2 Å². The van der Waals surface area contributed by atoms with Crippen LogP contribution in [-0.2, 0) is 28.6 Å². The molecule has 0 amide bonds. The maximum Gasteiger partial charge on any atom is 0.306 e. The topological polar surface area (TPSA) is 78.9 Å². The minimum Gasteiger partial charge on any atom is -0.462 e. The fourth-order valence-electron chi connectivity index (χ4n) is 8.82. The molecule has 0 rings (SSSR count). The van der Waals surface area contributed by atoms with Gasteiger partial charge in [-0.25, -0.2) is 0 Å². The average molecular weight is 1040 g/mol. The Balaban J connectivity index is 4.17. The van der Waals surface area contributed by atoms with Gasteiger partial charge in [0.05, 0.1) is 0 Å². The van der Waals surface area contributed by atoms with E-state index in [2.05, 4.69) is 106 Å². The second kappa shape index (κ2) is 62.9. The first-order valence-electron chi connectivity index (χ1n) is 31.7. The fourth-order valence-corrected chi connectivity index (χ4v) is 8.82. The van der Waals surface area contributed by atoms with Gasteiger partial charge in [-0.3, -0.25) is 14.4 Å². The van der Waals surface area contributed by atoms with E-state index in [0.29, 0.717) is 19.3 Å². The second-order valence-corrected chi connectivity index (χ2v) is 20.9. The summed E-state index contributed by atoms with van der Waals surface area (Å²) in [6.45, 7) is 6.39. The zero-order valence-electron chi connectivity index (χ0n) is 49.3. The molecule has 0 saturated heterocycles. The standard InChI is InChI=1S/C69H118O6/c1-4-7-10-13-16-19-22-25-26-27-28-29-30-31-32-33-34-35-36-37-38-39-40-41-42-45-47-50-53-56-59-62-68(71)74-65-66(75-69(72)63-60-57-54-51-48-44-24-21-18-15-12-9-6-3)64-73-67(70)61-58-55-52-49-46-43-23-20-17-14-11-8-5-2/h9,11-12,14,18,20-23,25,27-28,44,48,54,57,66H,4-8,10,13,15-17,19,24,26,29-43,45-47,49-53,55-56,58-65H2,1-3H3/b12-9-,14-11-,21-18-,23-20-,25-22-,28-27-,48-44-,57-54-. The van der Waals surface area contributed by atoms with Crippen molar-refractivity contribution in [2.45, 2.75) is 309 Å². The Bertz CT molecular complexity index is 1480. The van der Waals surface area contributed by atoms with Crippen molar-refractivity contribution in [2.75, 3.05) is 13.2 Å². The summed E-state index contributed by atoms with van der Waals surface area (Å²) in [5.74, 6) is -1.00. The fraction of sp³-hybridized carbons (Fsp3) is 0.725. The smallest absolute Gasteiger partial charge is 0.306 e. The minimum atomic E-state index is -0.821. The number of rotatable bonds is 57. The van der Waals surface area contributed by atoms with Gasteiger partial charge in [0, 0.05) is 19.3 Å². The first kappa shape index (κ1) is 71.3. The summed E-state index contributed by atoms with van der Waals surface area (Å²) < 4.78 is 16.8. The molecular formula is C69H118O6. The van der Waals surface area contributed by atoms with Crippen LogP contribution in [-0.4, -0.2) is 37.2 Å². The van der Waals surface area contributed by atoms with Gasteiger partial charge in [0.2, 0.25) is 0 Å². The van der Waals surface area contributed by atoms with Gasteiger partial charge in [0.25, 0.3) is 0 Å². The molecule has 0 aliphatic carbocycles. The Kier molecular flexibility index (Phi) is 59.8. The van der Waals surface area contributed by atoms with Crippen molar-refractivity contribution in [1.29, 1.82) is 0 Å². The van der Waals surface area contributed by atoms with E-state index < -0.39 is 12.1 Å². The van der Waals surface area contributed by atoms with Crippen molar-refractivity contribution >= 4 is 17.9 Å². The molecule has 0 aliphatic rings. The lowest BCUT2D eigenvalue weighted by molar-refractivity contribution is -0.166. The van der Waals surface area contributed by atoms with Crippen molar-refractivity contribution in [3.05, 3.63) is 97.2 Å². The summed E-state index contributed by atoms with van der Waals surface area (Å²) in [5, 5.41) is 0. The number of unbranched alkanes of at least 4 members (excludes halogenated alkanes) is 30. The molecule has 0 fully saturated rings. The second-order valence-electron chi connectivity index (χ2n) is 20.9. The van der Waals surface area contributed by atoms with E-state index in [1.54, 1.807) is 0 Å². The van der Waals surface area contributed by atoms with Crippen molar-refractivity contribution in [1.82, 2.24) is 0 Å². The molecule has 0 spiro atoms. The first-order valence-corrected chi connectivity index (χ1v) is 31.7. The van der Waals surface area contributed by atoms with Gasteiger partial charge in [-0.1, -0.05) is 279 Å². The third-order valence-electron chi connectivity index (χ3n) is 13.5. The maximum absolute atomic E-state index is 12.8. The average Bonchev–Trinajstić information content (AvgIpc) is 3.41. The molecule has 6 heteroatoms. The van der Waals surface area contributed by atoms with E-state index in [1.807, 2.05) is 12.2 Å². The predicted octanol–water partition coefficient (Wildman–Crippen LogP) is 21.7. The number of hydrogen-bond donors (Lipinski definition) is 0. The van der Waals surface area contributed by atoms with Crippen molar-refractivity contribution in [3.63, 3.8) is 0 Å². The predicted molar refractivity (Wildman–Crippen MR) is 325 cm³/mol. The van der Waals surface area contributed by atoms with E-state index in [0.717, 1.165) is 103 Å². The van der Waals surface area contributed by atoms with Gasteiger partial charge < -0.3 is 14.2 Å². The molecule has 0 saturated carbocycles. The number of hydrogen-bond acceptors (Lipinski definition) is 6. The third kappa shape index (κ3) is 61.1. The summed E-state index contributed by atoms with van der Waals surface area (Å²) in [6, 6.07) is 0. The van der Waals surface area contributed by atoms with E-state index >= 15 is 0 Å². The van der Waals surface area contributed by atoms with Crippen molar-refractivity contribution in [2.24, 2.45) is 0 Å². The molecule has 0 bridgehead atoms. The van der Waals surface area contributed by atoms with Gasteiger partial charge in [0.15, 0.2) is 6.10 Å². The lowest BCUT2D eigenvalue weighted by atomic mass is 10.0. The van der Waals surface area contributed by atoms with Crippen molar-refractivity contribution in [3.8, 4) is 0 Å². The molecule has 0 aromatic rings. The van der Waals surface area contributed by atoms with E-state index in [-0.39, 0.29) is 31.6 Å². The highest BCUT2D eigenvalue weighted by molar-refractivity contribution is 5.71. The molecular weight excluding hydrogens is 925 g/mol. The van der Waals surface area contributed by atoms with Gasteiger partial charge >= 0.3 is 17.9 Å². The monoisotopic (exact) mass is 1040 g/mol. The van der Waals surface area contributed by atoms with Gasteiger partial charge in [0.1, 0.15) is 13.2 Å². The number of allylic oxidation sites excluding steroid dienone is 16. The first-order chi connectivity index (χ1) is 37.0. The van der Waals surface area contributed by atoms with Crippen LogP contribution in [0.2, 0.25) is 0 Å². The van der Waals surface area contributed by atoms with Crippen molar-refractivity contribution < 1.29 is 28.6 Å². The molecule has 0 heterocycles. The summed E-state index contributed by atoms with van der Waals surface area (Å²) >= 11 is 0. The molecule has 75 heavy (non-hydrogen) atoms. The van der Waals surface area contributed by atoms with Crippen LogP contribution in [0.15, 0.2) is 97.2 Å². The van der Waals surface area contributed by atoms with E-state index in [1.165, 1.54) is 154 Å². The Morgan fingerprint density at radius 1 is 0.280 bits per heavy atom. The number of carbonyl (C=O) groups is 3. The van der Waals surface area contributed by atoms with Crippen LogP contribution in [0.4, 0.5) is 0 Å². The molecule has 6 nitrogen and oxygen atoms in total. The highest BCUT2D eigenvalue weighted by atomic mass is 16.6. The number of ether oxygens (including phenoxy) is 3. The Morgan fingerprint density at radius 2 is 0.573 bits per heavy atom. The van der Waals surface area contributed by atoms with Crippen LogP contribution < -0.4 is 0 Å². The molecule has 0 N–H and O–H groups in total. The van der Waals surface area contributed by atoms with Crippen LogP contribution in [0.3, 0.4) is 0 Å². The Labute approximate surface area is 464 Å². The maximum atomic E-state index is 12.8. The highest BCUT2D eigenvalue weighted by Crippen LogP contribution is 2.16. The zero-order valence-corrected chi connectivity index (χ0v) is 49.3. The van der Waals surface area contributed by atoms with E-state index in [9.17, 15) is 14.4 Å². The molecule has 1 unspecified atom stereocenters. The number of esters is 3. The largest absolute Gasteiger partial charge is 0.462 e. The van der Waals surface area contributed by atoms with Gasteiger partial charge in [-0.05, 0) is 103 Å². The molecule has 0 aliphatic heterocycles. The van der Waals surface area contributed by atoms with Crippen LogP contribution in [0, 0.1) is 0 Å². The van der Waals surface area contributed by atoms with Crippen LogP contribution >= 0.6 is 0 Å². The normalized spacial score (nSPS) is 12.7. The SMILES string of the molecule is CC/C=C\C/C=C\C/C=C\C/C=C\CCC(=O)OC(COC(=O)CCCCCCC/C=C\C/C=C\CCC)COC(=O)CCCCCCCCCCCCCCCCCCCCC/C=C\C/C=C\CCCCCCC. The molecule has 0 aromatic carbocycles. The summed E-state index contributed by atoms with van der Waals surface area (Å²) in [4.78, 5) is 38.1. The summed E-state index contributed by atoms with van der Waals surface area (Å²) in [7, 11) is 0. The number of carbonyl (C=O) groups excluding carboxylic acids is 3. The lowest BCUT2D eigenvalue weighted by Crippen LogP contribution is -2.30. The van der Waals surface area contributed by atoms with Crippen LogP contribution in [0.25, 0.3) is 0 Å². The zero-order chi connectivity index (χ0) is 54.3. The molecule has 0 radical (unpaired) electrons. The van der Waals surface area contributed by atoms with Gasteiger partial charge in [-0.15, -0.1) is 0 Å². The highest BCUT2D eigenvalue weighted by Gasteiger charge is 2.19. The van der Waals surface area contributed by atoms with Crippen LogP contribution in [0.5, 0.6) is 0 Å². The molecule has 430 valence electrons. The molecule has 0 aromatic heterocycles. The minimum absolute atomic E-state index is 0.109. The third-order valence-corrected chi connectivity index (χ3v) is 13.5. The Hall–Kier alpha value is -3.67. The van der Waals surface area contributed by atoms with Crippen LogP contribution in [0.1, 0.15) is 303 Å². The molecule has 1 atom stereocenters.